The second-order valence-corrected chi connectivity index (χ2v) is 8.99. The molecule has 3 amide bonds. The molecule has 3 rings (SSSR count). The van der Waals surface area contributed by atoms with E-state index < -0.39 is 30.0 Å². The van der Waals surface area contributed by atoms with E-state index in [2.05, 4.69) is 33.2 Å². The van der Waals surface area contributed by atoms with Crippen LogP contribution in [0.5, 0.6) is 0 Å². The summed E-state index contributed by atoms with van der Waals surface area (Å²) in [5.41, 5.74) is 8.11. The molecule has 0 aromatic heterocycles. The van der Waals surface area contributed by atoms with Gasteiger partial charge < -0.3 is 21.1 Å². The fourth-order valence-electron chi connectivity index (χ4n) is 3.36. The van der Waals surface area contributed by atoms with Crippen molar-refractivity contribution in [3.05, 3.63) is 105 Å². The molecular formula is C26H26IN3O4. The van der Waals surface area contributed by atoms with E-state index in [-0.39, 0.29) is 19.4 Å². The van der Waals surface area contributed by atoms with Crippen LogP contribution in [0, 0.1) is 3.57 Å². The van der Waals surface area contributed by atoms with Crippen LogP contribution in [0.25, 0.3) is 0 Å². The lowest BCUT2D eigenvalue weighted by atomic mass is 10.0. The van der Waals surface area contributed by atoms with Crippen LogP contribution < -0.4 is 16.4 Å². The summed E-state index contributed by atoms with van der Waals surface area (Å²) in [6, 6.07) is 24.2. The summed E-state index contributed by atoms with van der Waals surface area (Å²) in [7, 11) is 0. The Bertz CT molecular complexity index is 1110. The van der Waals surface area contributed by atoms with Gasteiger partial charge in [0.1, 0.15) is 18.7 Å². The van der Waals surface area contributed by atoms with Crippen molar-refractivity contribution in [3.8, 4) is 0 Å². The summed E-state index contributed by atoms with van der Waals surface area (Å²) in [6.07, 6.45) is -0.260. The number of ether oxygens (including phenoxy) is 1. The van der Waals surface area contributed by atoms with Crippen LogP contribution in [0.3, 0.4) is 0 Å². The van der Waals surface area contributed by atoms with Gasteiger partial charge in [0.2, 0.25) is 11.8 Å². The lowest BCUT2D eigenvalue weighted by Gasteiger charge is -2.22. The van der Waals surface area contributed by atoms with Gasteiger partial charge in [-0.3, -0.25) is 9.59 Å². The molecular weight excluding hydrogens is 545 g/mol. The predicted octanol–water partition coefficient (Wildman–Crippen LogP) is 3.34. The molecule has 3 aromatic carbocycles. The molecule has 0 unspecified atom stereocenters. The van der Waals surface area contributed by atoms with Crippen molar-refractivity contribution in [2.75, 3.05) is 0 Å². The van der Waals surface area contributed by atoms with Crippen molar-refractivity contribution in [1.82, 2.24) is 10.6 Å². The molecule has 0 fully saturated rings. The molecule has 0 aliphatic carbocycles. The van der Waals surface area contributed by atoms with Gasteiger partial charge in [0.05, 0.1) is 0 Å². The molecule has 7 nitrogen and oxygen atoms in total. The summed E-state index contributed by atoms with van der Waals surface area (Å²) in [5, 5.41) is 5.32. The minimum absolute atomic E-state index is 0.0723. The van der Waals surface area contributed by atoms with Gasteiger partial charge in [-0.05, 0) is 51.4 Å². The van der Waals surface area contributed by atoms with Crippen molar-refractivity contribution in [2.45, 2.75) is 31.5 Å². The number of rotatable bonds is 10. The van der Waals surface area contributed by atoms with Crippen LogP contribution in [0.15, 0.2) is 84.9 Å². The Kier molecular flexibility index (Phi) is 9.45. The highest BCUT2D eigenvalue weighted by Gasteiger charge is 2.26. The van der Waals surface area contributed by atoms with Gasteiger partial charge >= 0.3 is 6.09 Å². The third-order valence-electron chi connectivity index (χ3n) is 5.09. The molecule has 0 aliphatic heterocycles. The second kappa shape index (κ2) is 12.7. The molecule has 0 radical (unpaired) electrons. The molecule has 0 saturated carbocycles. The van der Waals surface area contributed by atoms with E-state index in [0.29, 0.717) is 0 Å². The summed E-state index contributed by atoms with van der Waals surface area (Å²) in [4.78, 5) is 37.7. The van der Waals surface area contributed by atoms with E-state index >= 15 is 0 Å². The molecule has 3 aromatic rings. The highest BCUT2D eigenvalue weighted by atomic mass is 127. The first-order chi connectivity index (χ1) is 16.4. The van der Waals surface area contributed by atoms with Crippen LogP contribution in [-0.4, -0.2) is 30.0 Å². The first-order valence-corrected chi connectivity index (χ1v) is 11.8. The first kappa shape index (κ1) is 25.2. The number of hydrogen-bond acceptors (Lipinski definition) is 4. The van der Waals surface area contributed by atoms with E-state index in [1.807, 2.05) is 84.9 Å². The average molecular weight is 571 g/mol. The maximum absolute atomic E-state index is 13.1. The lowest BCUT2D eigenvalue weighted by Crippen LogP contribution is -2.54. The number of hydrogen-bond donors (Lipinski definition) is 3. The van der Waals surface area contributed by atoms with Crippen LogP contribution in [0.1, 0.15) is 16.7 Å². The van der Waals surface area contributed by atoms with Crippen LogP contribution >= 0.6 is 22.6 Å². The van der Waals surface area contributed by atoms with E-state index in [4.69, 9.17) is 10.5 Å². The average Bonchev–Trinajstić information content (AvgIpc) is 2.83. The van der Waals surface area contributed by atoms with Crippen molar-refractivity contribution in [2.24, 2.45) is 5.73 Å². The zero-order chi connectivity index (χ0) is 24.3. The molecule has 176 valence electrons. The van der Waals surface area contributed by atoms with Gasteiger partial charge in [-0.1, -0.05) is 72.8 Å². The standard InChI is InChI=1S/C26H26IN3O4/c27-21-13-7-12-20(14-21)16-22(24(28)31)29-25(32)23(15-18-8-3-1-4-9-18)30-26(33)34-17-19-10-5-2-6-11-19/h1-14,22-23H,15-17H2,(H2,28,31)(H,29,32)(H,30,33)/t22-,23-/m0/s1. The van der Waals surface area contributed by atoms with Gasteiger partial charge in [-0.2, -0.15) is 0 Å². The Morgan fingerprint density at radius 3 is 1.97 bits per heavy atom. The zero-order valence-electron chi connectivity index (χ0n) is 18.4. The monoisotopic (exact) mass is 571 g/mol. The van der Waals surface area contributed by atoms with Crippen LogP contribution in [0.2, 0.25) is 0 Å². The second-order valence-electron chi connectivity index (χ2n) is 7.75. The number of nitrogens with one attached hydrogen (secondary N) is 2. The molecule has 2 atom stereocenters. The molecule has 0 saturated heterocycles. The Morgan fingerprint density at radius 2 is 1.35 bits per heavy atom. The minimum Gasteiger partial charge on any atom is -0.445 e. The number of benzene rings is 3. The summed E-state index contributed by atoms with van der Waals surface area (Å²) >= 11 is 2.18. The summed E-state index contributed by atoms with van der Waals surface area (Å²) < 4.78 is 6.29. The SMILES string of the molecule is NC(=O)[C@H](Cc1cccc(I)c1)NC(=O)[C@H](Cc1ccccc1)NC(=O)OCc1ccccc1. The third kappa shape index (κ3) is 8.18. The van der Waals surface area contributed by atoms with Crippen LogP contribution in [0.4, 0.5) is 4.79 Å². The molecule has 8 heteroatoms. The maximum atomic E-state index is 13.1. The van der Waals surface area contributed by atoms with E-state index in [1.54, 1.807) is 0 Å². The van der Waals surface area contributed by atoms with E-state index in [1.165, 1.54) is 0 Å². The topological polar surface area (TPSA) is 111 Å². The van der Waals surface area contributed by atoms with Gasteiger partial charge in [0, 0.05) is 16.4 Å². The molecule has 0 spiro atoms. The van der Waals surface area contributed by atoms with Gasteiger partial charge in [-0.25, -0.2) is 4.79 Å². The normalized spacial score (nSPS) is 12.3. The van der Waals surface area contributed by atoms with Crippen molar-refractivity contribution >= 4 is 40.5 Å². The number of nitrogens with two attached hydrogens (primary N) is 1. The lowest BCUT2D eigenvalue weighted by molar-refractivity contribution is -0.128. The Hall–Kier alpha value is -3.40. The van der Waals surface area contributed by atoms with E-state index in [9.17, 15) is 14.4 Å². The quantitative estimate of drug-likeness (QED) is 0.325. The number of halogens is 1. The Labute approximate surface area is 212 Å². The third-order valence-corrected chi connectivity index (χ3v) is 5.76. The molecule has 34 heavy (non-hydrogen) atoms. The maximum Gasteiger partial charge on any atom is 0.408 e. The minimum atomic E-state index is -0.955. The predicted molar refractivity (Wildman–Crippen MR) is 138 cm³/mol. The highest BCUT2D eigenvalue weighted by molar-refractivity contribution is 14.1. The smallest absolute Gasteiger partial charge is 0.408 e. The molecule has 0 aliphatic rings. The first-order valence-electron chi connectivity index (χ1n) is 10.8. The van der Waals surface area contributed by atoms with Gasteiger partial charge in [0.15, 0.2) is 0 Å². The molecule has 4 N–H and O–H groups in total. The zero-order valence-corrected chi connectivity index (χ0v) is 20.6. The largest absolute Gasteiger partial charge is 0.445 e. The Balaban J connectivity index is 1.69. The van der Waals surface area contributed by atoms with Crippen molar-refractivity contribution in [1.29, 1.82) is 0 Å². The number of primary amides is 1. The van der Waals surface area contributed by atoms with Gasteiger partial charge in [-0.15, -0.1) is 0 Å². The molecule has 0 bridgehead atoms. The van der Waals surface area contributed by atoms with Gasteiger partial charge in [0.25, 0.3) is 0 Å². The Morgan fingerprint density at radius 1 is 0.765 bits per heavy atom. The number of carbonyl (C=O) groups is 3. The van der Waals surface area contributed by atoms with Crippen molar-refractivity contribution < 1.29 is 19.1 Å². The molecule has 0 heterocycles. The van der Waals surface area contributed by atoms with Crippen molar-refractivity contribution in [3.63, 3.8) is 0 Å². The fourth-order valence-corrected chi connectivity index (χ4v) is 3.97. The number of amides is 3. The summed E-state index contributed by atoms with van der Waals surface area (Å²) in [5.74, 6) is -1.17. The fraction of sp³-hybridized carbons (Fsp3) is 0.192. The summed E-state index contributed by atoms with van der Waals surface area (Å²) in [6.45, 7) is 0.0723. The van der Waals surface area contributed by atoms with E-state index in [0.717, 1.165) is 20.3 Å². The highest BCUT2D eigenvalue weighted by Crippen LogP contribution is 2.11. The number of alkyl carbamates (subject to hydrolysis) is 1. The number of carbonyl (C=O) groups excluding carboxylic acids is 3. The van der Waals surface area contributed by atoms with Crippen LogP contribution in [-0.2, 0) is 33.8 Å².